The van der Waals surface area contributed by atoms with Crippen molar-refractivity contribution in [1.82, 2.24) is 9.97 Å². The third kappa shape index (κ3) is 5.11. The molecule has 0 radical (unpaired) electrons. The molecular formula is C19H24FN3O3S. The molecule has 2 rings (SSSR count). The highest BCUT2D eigenvalue weighted by molar-refractivity contribution is 7.92. The maximum Gasteiger partial charge on any atom is 0.237 e. The molecule has 1 aromatic carbocycles. The Morgan fingerprint density at radius 1 is 1.26 bits per heavy atom. The van der Waals surface area contributed by atoms with Gasteiger partial charge in [-0.25, -0.2) is 22.8 Å². The van der Waals surface area contributed by atoms with E-state index < -0.39 is 21.9 Å². The van der Waals surface area contributed by atoms with Gasteiger partial charge in [0, 0.05) is 11.1 Å². The van der Waals surface area contributed by atoms with Crippen LogP contribution in [0.2, 0.25) is 0 Å². The molecule has 0 amide bonds. The highest BCUT2D eigenvalue weighted by atomic mass is 32.2. The van der Waals surface area contributed by atoms with E-state index in [1.165, 1.54) is 31.2 Å². The average molecular weight is 393 g/mol. The van der Waals surface area contributed by atoms with E-state index in [1.807, 2.05) is 13.8 Å². The van der Waals surface area contributed by atoms with E-state index >= 15 is 0 Å². The monoisotopic (exact) mass is 393 g/mol. The molecule has 0 spiro atoms. The van der Waals surface area contributed by atoms with Crippen LogP contribution in [0.25, 0.3) is 11.3 Å². The van der Waals surface area contributed by atoms with Crippen molar-refractivity contribution in [2.75, 3.05) is 10.5 Å². The molecule has 1 atom stereocenters. The molecule has 146 valence electrons. The van der Waals surface area contributed by atoms with Crippen LogP contribution >= 0.6 is 0 Å². The summed E-state index contributed by atoms with van der Waals surface area (Å²) in [5.74, 6) is -0.710. The standard InChI is InChI=1S/C19H24FN3O3S/c1-5-7-15(24)16-17(12(3)4)21-19(23-27(25,26)6-2)22-18(16)13-8-10-14(20)11-9-13/h5,8-12,15,24H,1,6-7H2,2-4H3,(H,21,22,23). The van der Waals surface area contributed by atoms with Gasteiger partial charge in [-0.15, -0.1) is 6.58 Å². The summed E-state index contributed by atoms with van der Waals surface area (Å²) in [4.78, 5) is 8.68. The van der Waals surface area contributed by atoms with Gasteiger partial charge in [-0.05, 0) is 43.5 Å². The van der Waals surface area contributed by atoms with Crippen LogP contribution in [0.15, 0.2) is 36.9 Å². The fraction of sp³-hybridized carbons (Fsp3) is 0.368. The molecule has 27 heavy (non-hydrogen) atoms. The van der Waals surface area contributed by atoms with E-state index in [2.05, 4.69) is 21.3 Å². The number of rotatable bonds is 8. The summed E-state index contributed by atoms with van der Waals surface area (Å²) in [6.45, 7) is 8.93. The Kier molecular flexibility index (Phi) is 6.67. The van der Waals surface area contributed by atoms with Gasteiger partial charge in [-0.3, -0.25) is 4.72 Å². The van der Waals surface area contributed by atoms with Crippen LogP contribution in [-0.2, 0) is 10.0 Å². The fourth-order valence-electron chi connectivity index (χ4n) is 2.62. The summed E-state index contributed by atoms with van der Waals surface area (Å²) in [5.41, 5.74) is 1.91. The first-order valence-electron chi connectivity index (χ1n) is 8.65. The Hall–Kier alpha value is -2.32. The molecule has 0 saturated heterocycles. The van der Waals surface area contributed by atoms with Crippen molar-refractivity contribution in [1.29, 1.82) is 0 Å². The SMILES string of the molecule is C=CCC(O)c1c(-c2ccc(F)cc2)nc(NS(=O)(=O)CC)nc1C(C)C. The van der Waals surface area contributed by atoms with E-state index in [0.717, 1.165) is 0 Å². The van der Waals surface area contributed by atoms with Crippen molar-refractivity contribution in [3.05, 3.63) is 54.0 Å². The smallest absolute Gasteiger partial charge is 0.237 e. The first-order valence-corrected chi connectivity index (χ1v) is 10.3. The molecule has 8 heteroatoms. The molecule has 1 aromatic heterocycles. The van der Waals surface area contributed by atoms with Crippen LogP contribution in [0.3, 0.4) is 0 Å². The van der Waals surface area contributed by atoms with Gasteiger partial charge in [0.05, 0.1) is 23.2 Å². The number of hydrogen-bond donors (Lipinski definition) is 2. The van der Waals surface area contributed by atoms with Crippen LogP contribution in [0.5, 0.6) is 0 Å². The fourth-order valence-corrected chi connectivity index (χ4v) is 3.13. The summed E-state index contributed by atoms with van der Waals surface area (Å²) in [5, 5.41) is 10.7. The van der Waals surface area contributed by atoms with Crippen LogP contribution in [0.4, 0.5) is 10.3 Å². The number of nitrogens with zero attached hydrogens (tertiary/aromatic N) is 2. The second kappa shape index (κ2) is 8.58. The third-order valence-corrected chi connectivity index (χ3v) is 5.24. The number of benzene rings is 1. The first kappa shape index (κ1) is 21.0. The van der Waals surface area contributed by atoms with Crippen molar-refractivity contribution in [2.24, 2.45) is 0 Å². The molecule has 2 N–H and O–H groups in total. The van der Waals surface area contributed by atoms with E-state index in [0.29, 0.717) is 22.5 Å². The van der Waals surface area contributed by atoms with Gasteiger partial charge in [0.1, 0.15) is 5.82 Å². The Balaban J connectivity index is 2.75. The highest BCUT2D eigenvalue weighted by Gasteiger charge is 2.24. The summed E-state index contributed by atoms with van der Waals surface area (Å²) in [7, 11) is -3.58. The van der Waals surface area contributed by atoms with Gasteiger partial charge < -0.3 is 5.11 Å². The van der Waals surface area contributed by atoms with Gasteiger partial charge in [0.15, 0.2) is 0 Å². The van der Waals surface area contributed by atoms with Gasteiger partial charge in [0.2, 0.25) is 16.0 Å². The summed E-state index contributed by atoms with van der Waals surface area (Å²) >= 11 is 0. The lowest BCUT2D eigenvalue weighted by molar-refractivity contribution is 0.180. The van der Waals surface area contributed by atoms with Crippen molar-refractivity contribution >= 4 is 16.0 Å². The van der Waals surface area contributed by atoms with E-state index in [1.54, 1.807) is 6.08 Å². The molecule has 0 saturated carbocycles. The van der Waals surface area contributed by atoms with Crippen LogP contribution < -0.4 is 4.72 Å². The molecule has 0 aliphatic carbocycles. The van der Waals surface area contributed by atoms with E-state index in [9.17, 15) is 17.9 Å². The Bertz CT molecular complexity index is 913. The molecule has 1 unspecified atom stereocenters. The summed E-state index contributed by atoms with van der Waals surface area (Å²) < 4.78 is 39.6. The second-order valence-corrected chi connectivity index (χ2v) is 8.41. The van der Waals surface area contributed by atoms with Crippen molar-refractivity contribution in [2.45, 2.75) is 39.2 Å². The number of sulfonamides is 1. The quantitative estimate of drug-likeness (QED) is 0.666. The van der Waals surface area contributed by atoms with Crippen molar-refractivity contribution < 1.29 is 17.9 Å². The minimum Gasteiger partial charge on any atom is -0.388 e. The zero-order chi connectivity index (χ0) is 20.2. The third-order valence-electron chi connectivity index (χ3n) is 3.99. The highest BCUT2D eigenvalue weighted by Crippen LogP contribution is 2.35. The van der Waals surface area contributed by atoms with Crippen molar-refractivity contribution in [3.63, 3.8) is 0 Å². The van der Waals surface area contributed by atoms with Crippen LogP contribution in [0, 0.1) is 5.82 Å². The molecule has 0 aliphatic rings. The average Bonchev–Trinajstić information content (AvgIpc) is 2.61. The lowest BCUT2D eigenvalue weighted by atomic mass is 9.93. The van der Waals surface area contributed by atoms with Crippen molar-refractivity contribution in [3.8, 4) is 11.3 Å². The molecular weight excluding hydrogens is 369 g/mol. The van der Waals surface area contributed by atoms with Gasteiger partial charge in [-0.2, -0.15) is 0 Å². The molecule has 1 heterocycles. The van der Waals surface area contributed by atoms with Gasteiger partial charge >= 0.3 is 0 Å². The topological polar surface area (TPSA) is 92.2 Å². The summed E-state index contributed by atoms with van der Waals surface area (Å²) in [6, 6.07) is 5.63. The normalized spacial score (nSPS) is 12.8. The second-order valence-electron chi connectivity index (χ2n) is 6.40. The number of nitrogens with one attached hydrogen (secondary N) is 1. The van der Waals surface area contributed by atoms with Crippen LogP contribution in [-0.4, -0.2) is 29.2 Å². The number of anilines is 1. The molecule has 0 bridgehead atoms. The largest absolute Gasteiger partial charge is 0.388 e. The Labute approximate surface area is 159 Å². The number of aromatic nitrogens is 2. The first-order chi connectivity index (χ1) is 12.7. The summed E-state index contributed by atoms with van der Waals surface area (Å²) in [6.07, 6.45) is 0.936. The van der Waals surface area contributed by atoms with Gasteiger partial charge in [-0.1, -0.05) is 19.9 Å². The number of hydrogen-bond acceptors (Lipinski definition) is 5. The molecule has 6 nitrogen and oxygen atoms in total. The van der Waals surface area contributed by atoms with Crippen LogP contribution in [0.1, 0.15) is 50.5 Å². The van der Waals surface area contributed by atoms with E-state index in [4.69, 9.17) is 0 Å². The minimum atomic E-state index is -3.58. The Morgan fingerprint density at radius 2 is 1.89 bits per heavy atom. The lowest BCUT2D eigenvalue weighted by Gasteiger charge is -2.21. The maximum absolute atomic E-state index is 13.4. The minimum absolute atomic E-state index is 0.0746. The zero-order valence-corrected chi connectivity index (χ0v) is 16.4. The predicted octanol–water partition coefficient (Wildman–Crippen LogP) is 3.78. The number of halogens is 1. The van der Waals surface area contributed by atoms with E-state index in [-0.39, 0.29) is 24.0 Å². The maximum atomic E-state index is 13.4. The predicted molar refractivity (Wildman–Crippen MR) is 104 cm³/mol. The molecule has 2 aromatic rings. The zero-order valence-electron chi connectivity index (χ0n) is 15.6. The number of aliphatic hydroxyl groups is 1. The molecule has 0 fully saturated rings. The lowest BCUT2D eigenvalue weighted by Crippen LogP contribution is -2.19. The Morgan fingerprint density at radius 3 is 2.41 bits per heavy atom. The number of aliphatic hydroxyl groups excluding tert-OH is 1. The van der Waals surface area contributed by atoms with Gasteiger partial charge in [0.25, 0.3) is 0 Å². The molecule has 0 aliphatic heterocycles.